The molecule has 3 aromatic rings. The summed E-state index contributed by atoms with van der Waals surface area (Å²) in [6.45, 7) is 4.62. The molecule has 2 aromatic heterocycles. The smallest absolute Gasteiger partial charge is 0.231 e. The highest BCUT2D eigenvalue weighted by Crippen LogP contribution is 2.25. The van der Waals surface area contributed by atoms with Gasteiger partial charge in [-0.3, -0.25) is 14.0 Å². The SMILES string of the molecule is CCc1nnc2c(N(C(C)=O)C(C)=O)nc3ccccc3n12. The van der Waals surface area contributed by atoms with Crippen LogP contribution in [0, 0.1) is 0 Å². The summed E-state index contributed by atoms with van der Waals surface area (Å²) in [5, 5.41) is 8.28. The van der Waals surface area contributed by atoms with Crippen LogP contribution in [0.5, 0.6) is 0 Å². The molecule has 0 unspecified atom stereocenters. The summed E-state index contributed by atoms with van der Waals surface area (Å²) < 4.78 is 1.84. The first-order chi connectivity index (χ1) is 10.5. The number of para-hydroxylation sites is 2. The quantitative estimate of drug-likeness (QED) is 0.719. The Labute approximate surface area is 126 Å². The topological polar surface area (TPSA) is 80.5 Å². The lowest BCUT2D eigenvalue weighted by atomic mass is 10.3. The van der Waals surface area contributed by atoms with E-state index < -0.39 is 11.8 Å². The van der Waals surface area contributed by atoms with Crippen LogP contribution in [-0.4, -0.2) is 31.4 Å². The number of rotatable bonds is 2. The zero-order valence-electron chi connectivity index (χ0n) is 12.6. The second-order valence-electron chi connectivity index (χ2n) is 4.93. The van der Waals surface area contributed by atoms with Crippen molar-refractivity contribution in [3.63, 3.8) is 0 Å². The molecule has 0 aliphatic carbocycles. The number of imide groups is 1. The van der Waals surface area contributed by atoms with Gasteiger partial charge in [-0.1, -0.05) is 19.1 Å². The predicted octanol–water partition coefficient (Wildman–Crippen LogP) is 1.74. The Morgan fingerprint density at radius 3 is 2.45 bits per heavy atom. The van der Waals surface area contributed by atoms with Crippen LogP contribution < -0.4 is 4.90 Å². The third-order valence-electron chi connectivity index (χ3n) is 3.44. The number of hydrogen-bond acceptors (Lipinski definition) is 5. The fraction of sp³-hybridized carbons (Fsp3) is 0.267. The molecular formula is C15H15N5O2. The van der Waals surface area contributed by atoms with Gasteiger partial charge in [-0.25, -0.2) is 9.88 Å². The molecule has 1 aromatic carbocycles. The number of benzene rings is 1. The van der Waals surface area contributed by atoms with Gasteiger partial charge in [0.25, 0.3) is 0 Å². The van der Waals surface area contributed by atoms with Crippen molar-refractivity contribution in [3.05, 3.63) is 30.1 Å². The Kier molecular flexibility index (Phi) is 3.32. The number of aryl methyl sites for hydroxylation is 1. The molecule has 0 atom stereocenters. The fourth-order valence-electron chi connectivity index (χ4n) is 2.53. The number of anilines is 1. The summed E-state index contributed by atoms with van der Waals surface area (Å²) in [6, 6.07) is 7.49. The van der Waals surface area contributed by atoms with Crippen LogP contribution in [0.4, 0.5) is 5.82 Å². The fourth-order valence-corrected chi connectivity index (χ4v) is 2.53. The standard InChI is InChI=1S/C15H15N5O2/c1-4-13-17-18-15-14(19(9(2)21)10(3)22)16-11-7-5-6-8-12(11)20(13)15/h5-8H,4H2,1-3H3. The van der Waals surface area contributed by atoms with Gasteiger partial charge in [-0.2, -0.15) is 0 Å². The van der Waals surface area contributed by atoms with Gasteiger partial charge in [0.1, 0.15) is 5.82 Å². The highest BCUT2D eigenvalue weighted by molar-refractivity contribution is 6.14. The molecule has 0 saturated heterocycles. The summed E-state index contributed by atoms with van der Waals surface area (Å²) in [5.74, 6) is 0.157. The molecule has 2 heterocycles. The van der Waals surface area contributed by atoms with E-state index in [0.717, 1.165) is 16.2 Å². The van der Waals surface area contributed by atoms with Crippen molar-refractivity contribution in [3.8, 4) is 0 Å². The molecule has 0 bridgehead atoms. The third-order valence-corrected chi connectivity index (χ3v) is 3.44. The maximum absolute atomic E-state index is 11.8. The number of carbonyl (C=O) groups excluding carboxylic acids is 2. The molecule has 0 spiro atoms. The molecular weight excluding hydrogens is 282 g/mol. The maximum Gasteiger partial charge on any atom is 0.231 e. The van der Waals surface area contributed by atoms with Gasteiger partial charge in [0, 0.05) is 20.3 Å². The van der Waals surface area contributed by atoms with E-state index >= 15 is 0 Å². The average Bonchev–Trinajstić information content (AvgIpc) is 2.91. The lowest BCUT2D eigenvalue weighted by Crippen LogP contribution is -2.34. The van der Waals surface area contributed by atoms with Crippen molar-refractivity contribution in [2.75, 3.05) is 4.90 Å². The number of carbonyl (C=O) groups is 2. The van der Waals surface area contributed by atoms with E-state index in [0.29, 0.717) is 17.6 Å². The third kappa shape index (κ3) is 2.02. The van der Waals surface area contributed by atoms with Crippen molar-refractivity contribution in [1.29, 1.82) is 0 Å². The zero-order chi connectivity index (χ0) is 15.9. The largest absolute Gasteiger partial charge is 0.274 e. The number of nitrogens with zero attached hydrogens (tertiary/aromatic N) is 5. The first-order valence-electron chi connectivity index (χ1n) is 6.98. The summed E-state index contributed by atoms with van der Waals surface area (Å²) in [5.41, 5.74) is 1.92. The molecule has 0 aliphatic heterocycles. The van der Waals surface area contributed by atoms with Gasteiger partial charge in [-0.05, 0) is 12.1 Å². The summed E-state index contributed by atoms with van der Waals surface area (Å²) in [4.78, 5) is 29.2. The molecule has 0 saturated carbocycles. The monoisotopic (exact) mass is 297 g/mol. The zero-order valence-corrected chi connectivity index (χ0v) is 12.6. The maximum atomic E-state index is 11.8. The Balaban J connectivity index is 2.46. The molecule has 22 heavy (non-hydrogen) atoms. The second-order valence-corrected chi connectivity index (χ2v) is 4.93. The van der Waals surface area contributed by atoms with E-state index in [1.54, 1.807) is 0 Å². The highest BCUT2D eigenvalue weighted by atomic mass is 16.2. The van der Waals surface area contributed by atoms with Crippen LogP contribution >= 0.6 is 0 Å². The van der Waals surface area contributed by atoms with Crippen molar-refractivity contribution < 1.29 is 9.59 Å². The summed E-state index contributed by atoms with van der Waals surface area (Å²) in [7, 11) is 0. The normalized spacial score (nSPS) is 11.0. The van der Waals surface area contributed by atoms with Crippen LogP contribution in [0.15, 0.2) is 24.3 Å². The molecule has 0 radical (unpaired) electrons. The van der Waals surface area contributed by atoms with E-state index in [9.17, 15) is 9.59 Å². The highest BCUT2D eigenvalue weighted by Gasteiger charge is 2.24. The lowest BCUT2D eigenvalue weighted by molar-refractivity contribution is -0.124. The minimum Gasteiger partial charge on any atom is -0.274 e. The van der Waals surface area contributed by atoms with E-state index in [1.807, 2.05) is 35.6 Å². The molecule has 112 valence electrons. The Hall–Kier alpha value is -2.83. The number of aromatic nitrogens is 4. The Morgan fingerprint density at radius 1 is 1.14 bits per heavy atom. The van der Waals surface area contributed by atoms with Crippen LogP contribution in [-0.2, 0) is 16.0 Å². The van der Waals surface area contributed by atoms with Crippen LogP contribution in [0.3, 0.4) is 0 Å². The molecule has 0 N–H and O–H groups in total. The van der Waals surface area contributed by atoms with Gasteiger partial charge in [0.05, 0.1) is 11.0 Å². The van der Waals surface area contributed by atoms with Gasteiger partial charge < -0.3 is 0 Å². The first-order valence-corrected chi connectivity index (χ1v) is 6.98. The molecule has 0 aliphatic rings. The average molecular weight is 297 g/mol. The second kappa shape index (κ2) is 5.18. The van der Waals surface area contributed by atoms with E-state index in [2.05, 4.69) is 15.2 Å². The number of fused-ring (bicyclic) bond motifs is 3. The minimum absolute atomic E-state index is 0.214. The van der Waals surface area contributed by atoms with Crippen molar-refractivity contribution >= 4 is 34.3 Å². The Bertz CT molecular complexity index is 885. The lowest BCUT2D eigenvalue weighted by Gasteiger charge is -2.17. The first kappa shape index (κ1) is 14.1. The predicted molar refractivity (Wildman–Crippen MR) is 81.5 cm³/mol. The van der Waals surface area contributed by atoms with Gasteiger partial charge in [0.2, 0.25) is 17.5 Å². The number of hydrogen-bond donors (Lipinski definition) is 0. The molecule has 0 fully saturated rings. The molecule has 2 amide bonds. The van der Waals surface area contributed by atoms with Gasteiger partial charge >= 0.3 is 0 Å². The van der Waals surface area contributed by atoms with E-state index in [4.69, 9.17) is 0 Å². The summed E-state index contributed by atoms with van der Waals surface area (Å²) >= 11 is 0. The van der Waals surface area contributed by atoms with E-state index in [1.165, 1.54) is 13.8 Å². The Morgan fingerprint density at radius 2 is 1.82 bits per heavy atom. The number of amides is 2. The van der Waals surface area contributed by atoms with Crippen LogP contribution in [0.1, 0.15) is 26.6 Å². The van der Waals surface area contributed by atoms with E-state index in [-0.39, 0.29) is 5.82 Å². The van der Waals surface area contributed by atoms with Crippen LogP contribution in [0.2, 0.25) is 0 Å². The van der Waals surface area contributed by atoms with Gasteiger partial charge in [-0.15, -0.1) is 10.2 Å². The molecule has 3 rings (SSSR count). The van der Waals surface area contributed by atoms with Gasteiger partial charge in [0.15, 0.2) is 5.82 Å². The van der Waals surface area contributed by atoms with Crippen LogP contribution in [0.25, 0.3) is 16.7 Å². The van der Waals surface area contributed by atoms with Crippen molar-refractivity contribution in [2.24, 2.45) is 0 Å². The summed E-state index contributed by atoms with van der Waals surface area (Å²) in [6.07, 6.45) is 0.675. The van der Waals surface area contributed by atoms with Crippen molar-refractivity contribution in [2.45, 2.75) is 27.2 Å². The molecule has 7 nitrogen and oxygen atoms in total. The molecule has 7 heteroatoms. The minimum atomic E-state index is -0.404. The van der Waals surface area contributed by atoms with Crippen molar-refractivity contribution in [1.82, 2.24) is 19.6 Å².